The van der Waals surface area contributed by atoms with Crippen molar-refractivity contribution in [2.45, 2.75) is 27.3 Å². The standard InChI is InChI=1S/C18H24N6O2/c1-11(2)8-23(9-15(19)25)10-16-20-21-18-22(4)17(26)13-7-12(3)5-6-14(13)24(16)18/h5-7,11H,8-10H2,1-4H3,(H2,19,25). The molecule has 8 nitrogen and oxygen atoms in total. The zero-order valence-electron chi connectivity index (χ0n) is 15.6. The van der Waals surface area contributed by atoms with Crippen molar-refractivity contribution < 1.29 is 4.79 Å². The van der Waals surface area contributed by atoms with Crippen LogP contribution in [0.4, 0.5) is 0 Å². The van der Waals surface area contributed by atoms with E-state index < -0.39 is 0 Å². The van der Waals surface area contributed by atoms with Crippen LogP contribution in [0.15, 0.2) is 23.0 Å². The molecule has 0 bridgehead atoms. The zero-order chi connectivity index (χ0) is 19.0. The van der Waals surface area contributed by atoms with Crippen molar-refractivity contribution >= 4 is 22.6 Å². The molecule has 0 saturated heterocycles. The summed E-state index contributed by atoms with van der Waals surface area (Å²) in [7, 11) is 1.69. The number of nitrogens with zero attached hydrogens (tertiary/aromatic N) is 5. The van der Waals surface area contributed by atoms with Gasteiger partial charge in [0.1, 0.15) is 0 Å². The Morgan fingerprint density at radius 2 is 2.04 bits per heavy atom. The molecule has 1 amide bonds. The number of fused-ring (bicyclic) bond motifs is 3. The predicted molar refractivity (Wildman–Crippen MR) is 99.8 cm³/mol. The summed E-state index contributed by atoms with van der Waals surface area (Å²) in [5.41, 5.74) is 7.06. The van der Waals surface area contributed by atoms with Crippen LogP contribution >= 0.6 is 0 Å². The number of amides is 1. The molecule has 0 unspecified atom stereocenters. The lowest BCUT2D eigenvalue weighted by atomic mass is 10.1. The molecule has 0 spiro atoms. The highest BCUT2D eigenvalue weighted by molar-refractivity contribution is 5.81. The highest BCUT2D eigenvalue weighted by atomic mass is 16.1. The Hall–Kier alpha value is -2.74. The van der Waals surface area contributed by atoms with E-state index in [2.05, 4.69) is 24.0 Å². The fraction of sp³-hybridized carbons (Fsp3) is 0.444. The van der Waals surface area contributed by atoms with Crippen LogP contribution in [0.5, 0.6) is 0 Å². The number of hydrogen-bond acceptors (Lipinski definition) is 5. The summed E-state index contributed by atoms with van der Waals surface area (Å²) in [5.74, 6) is 1.14. The molecule has 0 aliphatic heterocycles. The maximum atomic E-state index is 12.6. The normalized spacial score (nSPS) is 11.9. The Balaban J connectivity index is 2.16. The second kappa shape index (κ2) is 6.87. The first kappa shape index (κ1) is 18.1. The average Bonchev–Trinajstić information content (AvgIpc) is 2.95. The molecule has 0 fully saturated rings. The second-order valence-corrected chi connectivity index (χ2v) is 7.17. The van der Waals surface area contributed by atoms with Gasteiger partial charge in [-0.2, -0.15) is 0 Å². The molecule has 26 heavy (non-hydrogen) atoms. The number of hydrogen-bond donors (Lipinski definition) is 1. The second-order valence-electron chi connectivity index (χ2n) is 7.17. The fourth-order valence-corrected chi connectivity index (χ4v) is 3.28. The van der Waals surface area contributed by atoms with Gasteiger partial charge in [0.15, 0.2) is 5.82 Å². The van der Waals surface area contributed by atoms with E-state index in [0.29, 0.717) is 36.0 Å². The van der Waals surface area contributed by atoms with Gasteiger partial charge in [-0.25, -0.2) is 0 Å². The number of aromatic nitrogens is 4. The molecule has 0 aliphatic rings. The molecule has 2 N–H and O–H groups in total. The number of aryl methyl sites for hydroxylation is 2. The van der Waals surface area contributed by atoms with Gasteiger partial charge in [0.25, 0.3) is 5.56 Å². The number of carbonyl (C=O) groups is 1. The minimum absolute atomic E-state index is 0.105. The van der Waals surface area contributed by atoms with Crippen LogP contribution in [0.25, 0.3) is 16.7 Å². The molecular formula is C18H24N6O2. The van der Waals surface area contributed by atoms with Gasteiger partial charge in [0.05, 0.1) is 24.0 Å². The van der Waals surface area contributed by atoms with E-state index in [-0.39, 0.29) is 18.0 Å². The Morgan fingerprint density at radius 1 is 1.31 bits per heavy atom. The van der Waals surface area contributed by atoms with Crippen molar-refractivity contribution in [2.24, 2.45) is 18.7 Å². The summed E-state index contributed by atoms with van der Waals surface area (Å²) in [4.78, 5) is 26.0. The largest absolute Gasteiger partial charge is 0.369 e. The zero-order valence-corrected chi connectivity index (χ0v) is 15.6. The van der Waals surface area contributed by atoms with Crippen LogP contribution < -0.4 is 11.3 Å². The first-order valence-electron chi connectivity index (χ1n) is 8.62. The quantitative estimate of drug-likeness (QED) is 0.705. The van der Waals surface area contributed by atoms with E-state index in [1.54, 1.807) is 7.05 Å². The molecule has 2 heterocycles. The summed E-state index contributed by atoms with van der Waals surface area (Å²) in [6.45, 7) is 7.39. The predicted octanol–water partition coefficient (Wildman–Crippen LogP) is 0.833. The number of benzene rings is 1. The van der Waals surface area contributed by atoms with Crippen LogP contribution in [0.1, 0.15) is 25.2 Å². The summed E-state index contributed by atoms with van der Waals surface area (Å²) in [6.07, 6.45) is 0. The molecule has 0 saturated carbocycles. The van der Waals surface area contributed by atoms with Crippen molar-refractivity contribution in [1.29, 1.82) is 0 Å². The molecule has 3 aromatic rings. The summed E-state index contributed by atoms with van der Waals surface area (Å²) >= 11 is 0. The molecule has 1 aromatic carbocycles. The molecule has 0 aliphatic carbocycles. The van der Waals surface area contributed by atoms with Gasteiger partial charge in [-0.3, -0.25) is 23.5 Å². The first-order valence-corrected chi connectivity index (χ1v) is 8.62. The van der Waals surface area contributed by atoms with Gasteiger partial charge in [0, 0.05) is 13.6 Å². The lowest BCUT2D eigenvalue weighted by molar-refractivity contribution is -0.119. The third-order valence-corrected chi connectivity index (χ3v) is 4.31. The van der Waals surface area contributed by atoms with Gasteiger partial charge >= 0.3 is 0 Å². The third kappa shape index (κ3) is 3.32. The first-order chi connectivity index (χ1) is 12.3. The monoisotopic (exact) mass is 356 g/mol. The molecule has 8 heteroatoms. The highest BCUT2D eigenvalue weighted by Crippen LogP contribution is 2.17. The minimum Gasteiger partial charge on any atom is -0.369 e. The van der Waals surface area contributed by atoms with Crippen LogP contribution in [-0.2, 0) is 18.4 Å². The maximum absolute atomic E-state index is 12.6. The van der Waals surface area contributed by atoms with Crippen molar-refractivity contribution in [3.8, 4) is 0 Å². The van der Waals surface area contributed by atoms with E-state index in [9.17, 15) is 9.59 Å². The average molecular weight is 356 g/mol. The third-order valence-electron chi connectivity index (χ3n) is 4.31. The fourth-order valence-electron chi connectivity index (χ4n) is 3.28. The van der Waals surface area contributed by atoms with Crippen molar-refractivity contribution in [2.75, 3.05) is 13.1 Å². The summed E-state index contributed by atoms with van der Waals surface area (Å²) in [6, 6.07) is 5.74. The number of primary amides is 1. The Labute approximate surface area is 151 Å². The lowest BCUT2D eigenvalue weighted by Gasteiger charge is -2.22. The Kier molecular flexibility index (Phi) is 4.78. The Morgan fingerprint density at radius 3 is 2.69 bits per heavy atom. The van der Waals surface area contributed by atoms with Crippen molar-refractivity contribution in [1.82, 2.24) is 24.1 Å². The van der Waals surface area contributed by atoms with E-state index in [0.717, 1.165) is 11.1 Å². The maximum Gasteiger partial charge on any atom is 0.262 e. The van der Waals surface area contributed by atoms with Gasteiger partial charge in [-0.15, -0.1) is 10.2 Å². The number of nitrogens with two attached hydrogens (primary N) is 1. The lowest BCUT2D eigenvalue weighted by Crippen LogP contribution is -2.36. The van der Waals surface area contributed by atoms with E-state index in [1.807, 2.05) is 34.4 Å². The molecule has 3 rings (SSSR count). The highest BCUT2D eigenvalue weighted by Gasteiger charge is 2.18. The molecule has 138 valence electrons. The summed E-state index contributed by atoms with van der Waals surface area (Å²) in [5, 5.41) is 9.10. The molecular weight excluding hydrogens is 332 g/mol. The number of carbonyl (C=O) groups excluding carboxylic acids is 1. The van der Waals surface area contributed by atoms with E-state index in [1.165, 1.54) is 4.57 Å². The van der Waals surface area contributed by atoms with Gasteiger partial charge in [-0.05, 0) is 25.0 Å². The molecule has 0 radical (unpaired) electrons. The van der Waals surface area contributed by atoms with Crippen LogP contribution in [-0.4, -0.2) is 43.1 Å². The SMILES string of the molecule is Cc1ccc2c(c1)c(=O)n(C)c1nnc(CN(CC(N)=O)CC(C)C)n21. The Bertz CT molecular complexity index is 1030. The summed E-state index contributed by atoms with van der Waals surface area (Å²) < 4.78 is 3.38. The van der Waals surface area contributed by atoms with Crippen LogP contribution in [0.2, 0.25) is 0 Å². The molecule has 0 atom stereocenters. The smallest absolute Gasteiger partial charge is 0.262 e. The van der Waals surface area contributed by atoms with Gasteiger partial charge in [-0.1, -0.05) is 25.5 Å². The minimum atomic E-state index is -0.382. The van der Waals surface area contributed by atoms with E-state index >= 15 is 0 Å². The van der Waals surface area contributed by atoms with E-state index in [4.69, 9.17) is 5.73 Å². The van der Waals surface area contributed by atoms with Gasteiger partial charge < -0.3 is 5.73 Å². The van der Waals surface area contributed by atoms with Crippen LogP contribution in [0.3, 0.4) is 0 Å². The van der Waals surface area contributed by atoms with Crippen molar-refractivity contribution in [3.05, 3.63) is 39.9 Å². The molecule has 2 aromatic heterocycles. The van der Waals surface area contributed by atoms with Crippen LogP contribution in [0, 0.1) is 12.8 Å². The van der Waals surface area contributed by atoms with Crippen molar-refractivity contribution in [3.63, 3.8) is 0 Å². The van der Waals surface area contributed by atoms with Gasteiger partial charge in [0.2, 0.25) is 11.7 Å². The topological polar surface area (TPSA) is 98.5 Å². The number of rotatable bonds is 6.